The highest BCUT2D eigenvalue weighted by molar-refractivity contribution is 4.87. The number of hydrogen-bond acceptors (Lipinski definition) is 3. The molecule has 0 spiro atoms. The molecule has 0 aromatic rings. The number of ether oxygens (including phenoxy) is 2. The molecule has 0 bridgehead atoms. The number of rotatable bonds is 7. The van der Waals surface area contributed by atoms with Gasteiger partial charge in [-0.15, -0.1) is 0 Å². The highest BCUT2D eigenvalue weighted by atomic mass is 16.5. The van der Waals surface area contributed by atoms with Crippen molar-refractivity contribution >= 4 is 0 Å². The van der Waals surface area contributed by atoms with Gasteiger partial charge in [0.1, 0.15) is 0 Å². The van der Waals surface area contributed by atoms with Crippen molar-refractivity contribution in [3.63, 3.8) is 0 Å². The molecular formula is C14H29NO2. The summed E-state index contributed by atoms with van der Waals surface area (Å²) >= 11 is 0. The molecular weight excluding hydrogens is 214 g/mol. The lowest BCUT2D eigenvalue weighted by Crippen LogP contribution is -2.44. The number of unbranched alkanes of at least 4 members (excludes halogenated alkanes) is 1. The van der Waals surface area contributed by atoms with Crippen molar-refractivity contribution in [1.29, 1.82) is 0 Å². The van der Waals surface area contributed by atoms with Crippen LogP contribution in [0.15, 0.2) is 0 Å². The summed E-state index contributed by atoms with van der Waals surface area (Å²) in [7, 11) is 1.77. The lowest BCUT2D eigenvalue weighted by molar-refractivity contribution is 0.131. The van der Waals surface area contributed by atoms with E-state index < -0.39 is 0 Å². The van der Waals surface area contributed by atoms with Crippen molar-refractivity contribution in [2.45, 2.75) is 52.0 Å². The molecule has 1 unspecified atom stereocenters. The van der Waals surface area contributed by atoms with E-state index in [2.05, 4.69) is 26.1 Å². The Hall–Kier alpha value is -0.120. The van der Waals surface area contributed by atoms with Crippen molar-refractivity contribution in [1.82, 2.24) is 5.32 Å². The minimum Gasteiger partial charge on any atom is -0.385 e. The molecule has 0 aromatic heterocycles. The summed E-state index contributed by atoms with van der Waals surface area (Å²) in [6.45, 7) is 10.5. The largest absolute Gasteiger partial charge is 0.385 e. The molecule has 1 fully saturated rings. The first kappa shape index (κ1) is 14.9. The van der Waals surface area contributed by atoms with E-state index in [0.29, 0.717) is 5.41 Å². The average molecular weight is 243 g/mol. The summed E-state index contributed by atoms with van der Waals surface area (Å²) < 4.78 is 10.7. The van der Waals surface area contributed by atoms with E-state index in [1.54, 1.807) is 7.11 Å². The van der Waals surface area contributed by atoms with Gasteiger partial charge in [-0.1, -0.05) is 6.42 Å². The van der Waals surface area contributed by atoms with E-state index >= 15 is 0 Å². The predicted octanol–water partition coefficient (Wildman–Crippen LogP) is 2.60. The molecule has 1 rings (SSSR count). The van der Waals surface area contributed by atoms with Crippen molar-refractivity contribution in [2.24, 2.45) is 5.41 Å². The number of nitrogens with one attached hydrogen (secondary N) is 1. The summed E-state index contributed by atoms with van der Waals surface area (Å²) in [5.41, 5.74) is 0.559. The van der Waals surface area contributed by atoms with E-state index in [0.717, 1.165) is 32.8 Å². The van der Waals surface area contributed by atoms with Crippen LogP contribution in [0.25, 0.3) is 0 Å². The fourth-order valence-electron chi connectivity index (χ4n) is 2.27. The first-order valence-corrected chi connectivity index (χ1v) is 6.79. The minimum absolute atomic E-state index is 0.197. The van der Waals surface area contributed by atoms with Crippen LogP contribution in [0, 0.1) is 5.41 Å². The second-order valence-electron chi connectivity index (χ2n) is 6.36. The van der Waals surface area contributed by atoms with Crippen LogP contribution < -0.4 is 5.32 Å². The van der Waals surface area contributed by atoms with Gasteiger partial charge in [0.2, 0.25) is 0 Å². The summed E-state index contributed by atoms with van der Waals surface area (Å²) in [5, 5.41) is 3.63. The van der Waals surface area contributed by atoms with Crippen LogP contribution in [-0.2, 0) is 9.47 Å². The summed E-state index contributed by atoms with van der Waals surface area (Å²) in [6, 6.07) is 0. The standard InChI is InChI=1S/C14H29NO2/c1-13(2,3)15-11-14(8-10-17-12-14)7-5-6-9-16-4/h15H,5-12H2,1-4H3. The molecule has 1 atom stereocenters. The molecule has 3 heteroatoms. The lowest BCUT2D eigenvalue weighted by Gasteiger charge is -2.32. The number of methoxy groups -OCH3 is 1. The third kappa shape index (κ3) is 5.84. The van der Waals surface area contributed by atoms with Gasteiger partial charge in [-0.05, 0) is 40.0 Å². The fourth-order valence-corrected chi connectivity index (χ4v) is 2.27. The van der Waals surface area contributed by atoms with Crippen LogP contribution in [0.5, 0.6) is 0 Å². The van der Waals surface area contributed by atoms with Crippen LogP contribution in [0.1, 0.15) is 46.5 Å². The Labute approximate surface area is 106 Å². The van der Waals surface area contributed by atoms with Crippen LogP contribution >= 0.6 is 0 Å². The molecule has 1 aliphatic rings. The van der Waals surface area contributed by atoms with Gasteiger partial charge in [0, 0.05) is 37.8 Å². The summed E-state index contributed by atoms with van der Waals surface area (Å²) in [4.78, 5) is 0. The maximum Gasteiger partial charge on any atom is 0.0535 e. The summed E-state index contributed by atoms with van der Waals surface area (Å²) in [6.07, 6.45) is 4.85. The van der Waals surface area contributed by atoms with Gasteiger partial charge in [-0.3, -0.25) is 0 Å². The average Bonchev–Trinajstić information content (AvgIpc) is 2.71. The zero-order valence-electron chi connectivity index (χ0n) is 12.0. The van der Waals surface area contributed by atoms with E-state index in [1.807, 2.05) is 0 Å². The highest BCUT2D eigenvalue weighted by Gasteiger charge is 2.34. The summed E-state index contributed by atoms with van der Waals surface area (Å²) in [5.74, 6) is 0. The Morgan fingerprint density at radius 2 is 2.06 bits per heavy atom. The molecule has 1 heterocycles. The second kappa shape index (κ2) is 6.72. The molecule has 17 heavy (non-hydrogen) atoms. The topological polar surface area (TPSA) is 30.5 Å². The zero-order valence-corrected chi connectivity index (χ0v) is 12.0. The fraction of sp³-hybridized carbons (Fsp3) is 1.00. The molecule has 0 amide bonds. The van der Waals surface area contributed by atoms with Crippen LogP contribution in [0.3, 0.4) is 0 Å². The Morgan fingerprint density at radius 3 is 2.59 bits per heavy atom. The third-order valence-corrected chi connectivity index (χ3v) is 3.48. The number of hydrogen-bond donors (Lipinski definition) is 1. The first-order valence-electron chi connectivity index (χ1n) is 6.79. The van der Waals surface area contributed by atoms with Crippen molar-refractivity contribution < 1.29 is 9.47 Å². The van der Waals surface area contributed by atoms with Gasteiger partial charge in [0.05, 0.1) is 6.61 Å². The van der Waals surface area contributed by atoms with Crippen LogP contribution in [-0.4, -0.2) is 39.0 Å². The second-order valence-corrected chi connectivity index (χ2v) is 6.36. The van der Waals surface area contributed by atoms with E-state index in [4.69, 9.17) is 9.47 Å². The van der Waals surface area contributed by atoms with Gasteiger partial charge < -0.3 is 14.8 Å². The highest BCUT2D eigenvalue weighted by Crippen LogP contribution is 2.34. The molecule has 0 radical (unpaired) electrons. The molecule has 0 saturated carbocycles. The van der Waals surface area contributed by atoms with Gasteiger partial charge in [0.25, 0.3) is 0 Å². The molecule has 3 nitrogen and oxygen atoms in total. The maximum absolute atomic E-state index is 5.61. The lowest BCUT2D eigenvalue weighted by atomic mass is 9.81. The normalized spacial score (nSPS) is 25.4. The Morgan fingerprint density at radius 1 is 1.29 bits per heavy atom. The molecule has 0 aromatic carbocycles. The van der Waals surface area contributed by atoms with Crippen molar-refractivity contribution in [2.75, 3.05) is 33.5 Å². The quantitative estimate of drug-likeness (QED) is 0.697. The van der Waals surface area contributed by atoms with E-state index in [1.165, 1.54) is 19.3 Å². The Kier molecular flexibility index (Phi) is 5.90. The minimum atomic E-state index is 0.197. The first-order chi connectivity index (χ1) is 7.97. The maximum atomic E-state index is 5.61. The monoisotopic (exact) mass is 243 g/mol. The molecule has 1 N–H and O–H groups in total. The van der Waals surface area contributed by atoms with E-state index in [9.17, 15) is 0 Å². The van der Waals surface area contributed by atoms with E-state index in [-0.39, 0.29) is 5.54 Å². The zero-order chi connectivity index (χ0) is 12.8. The molecule has 1 saturated heterocycles. The van der Waals surface area contributed by atoms with Gasteiger partial charge in [0.15, 0.2) is 0 Å². The Balaban J connectivity index is 2.34. The van der Waals surface area contributed by atoms with Gasteiger partial charge in [-0.2, -0.15) is 0 Å². The van der Waals surface area contributed by atoms with Gasteiger partial charge >= 0.3 is 0 Å². The predicted molar refractivity (Wildman–Crippen MR) is 71.4 cm³/mol. The molecule has 1 aliphatic heterocycles. The van der Waals surface area contributed by atoms with Crippen molar-refractivity contribution in [3.05, 3.63) is 0 Å². The molecule has 0 aliphatic carbocycles. The SMILES string of the molecule is COCCCCC1(CNC(C)(C)C)CCOC1. The smallest absolute Gasteiger partial charge is 0.0535 e. The Bertz CT molecular complexity index is 205. The molecule has 102 valence electrons. The van der Waals surface area contributed by atoms with Crippen LogP contribution in [0.4, 0.5) is 0 Å². The van der Waals surface area contributed by atoms with Gasteiger partial charge in [-0.25, -0.2) is 0 Å². The van der Waals surface area contributed by atoms with Crippen LogP contribution in [0.2, 0.25) is 0 Å². The third-order valence-electron chi connectivity index (χ3n) is 3.48. The van der Waals surface area contributed by atoms with Crippen molar-refractivity contribution in [3.8, 4) is 0 Å².